The van der Waals surface area contributed by atoms with Crippen LogP contribution in [0, 0.1) is 0 Å². The number of rotatable bonds is 10. The average Bonchev–Trinajstić information content (AvgIpc) is 3.78. The van der Waals surface area contributed by atoms with Crippen molar-refractivity contribution in [3.05, 3.63) is 144 Å². The SMILES string of the molecule is CN(C(=O)O)[C@@H](C(=O)N1CCC[C@H]1c1ncc(-c2ccc(-c3ccc(-c4cnc([C@@H]5CCCN5C(=O)C5(c6ccccc6)CC5)[nH]4)cc3)cc2)[nH]1)c1ccccc1. The fourth-order valence-electron chi connectivity index (χ4n) is 8.82. The minimum Gasteiger partial charge on any atom is -0.465 e. The zero-order chi connectivity index (χ0) is 39.1. The second-order valence-corrected chi connectivity index (χ2v) is 15.5. The lowest BCUT2D eigenvalue weighted by atomic mass is 9.94. The van der Waals surface area contributed by atoms with E-state index >= 15 is 0 Å². The van der Waals surface area contributed by atoms with Gasteiger partial charge >= 0.3 is 6.09 Å². The molecular formula is C46H45N7O4. The van der Waals surface area contributed by atoms with Gasteiger partial charge < -0.3 is 24.9 Å². The molecule has 57 heavy (non-hydrogen) atoms. The van der Waals surface area contributed by atoms with Crippen molar-refractivity contribution < 1.29 is 19.5 Å². The Morgan fingerprint density at radius 2 is 1.16 bits per heavy atom. The van der Waals surface area contributed by atoms with Gasteiger partial charge in [0.1, 0.15) is 17.7 Å². The number of likely N-dealkylation sites (N-methyl/N-ethyl adjacent to an activating group) is 1. The molecule has 1 saturated carbocycles. The Morgan fingerprint density at radius 3 is 1.67 bits per heavy atom. The quantitative estimate of drug-likeness (QED) is 0.128. The number of amides is 3. The van der Waals surface area contributed by atoms with E-state index in [1.54, 1.807) is 23.2 Å². The molecule has 1 aliphatic carbocycles. The Kier molecular flexibility index (Phi) is 9.44. The Labute approximate surface area is 331 Å². The van der Waals surface area contributed by atoms with Gasteiger partial charge in [-0.3, -0.25) is 14.5 Å². The molecule has 3 N–H and O–H groups in total. The highest BCUT2D eigenvalue weighted by Gasteiger charge is 2.54. The third kappa shape index (κ3) is 6.77. The van der Waals surface area contributed by atoms with Crippen molar-refractivity contribution in [3.8, 4) is 33.6 Å². The van der Waals surface area contributed by atoms with Gasteiger partial charge in [-0.05, 0) is 71.9 Å². The Balaban J connectivity index is 0.865. The van der Waals surface area contributed by atoms with E-state index in [0.717, 1.165) is 95.0 Å². The lowest BCUT2D eigenvalue weighted by molar-refractivity contribution is -0.137. The standard InChI is InChI=1S/C46H45N7O4/c1-51(45(56)57)40(34-10-4-2-5-11-34)43(54)52-26-8-14-38(52)41-47-28-36(49-41)32-20-16-30(17-21-32)31-18-22-33(23-19-31)37-29-48-42(50-37)39-15-9-27-53(39)44(55)46(24-25-46)35-12-6-3-7-13-35/h2-7,10-13,16-23,28-29,38-40H,8-9,14-15,24-27H2,1H3,(H,47,49)(H,48,50)(H,56,57)/t38-,39-,40+/m0/s1. The van der Waals surface area contributed by atoms with Gasteiger partial charge in [-0.2, -0.15) is 0 Å². The van der Waals surface area contributed by atoms with E-state index in [1.165, 1.54) is 7.05 Å². The maximum atomic E-state index is 14.0. The summed E-state index contributed by atoms with van der Waals surface area (Å²) in [4.78, 5) is 61.2. The van der Waals surface area contributed by atoms with E-state index < -0.39 is 12.1 Å². The van der Waals surface area contributed by atoms with Crippen LogP contribution in [0.3, 0.4) is 0 Å². The molecule has 4 heterocycles. The summed E-state index contributed by atoms with van der Waals surface area (Å²) >= 11 is 0. The molecule has 11 heteroatoms. The van der Waals surface area contributed by atoms with E-state index in [2.05, 4.69) is 75.5 Å². The summed E-state index contributed by atoms with van der Waals surface area (Å²) in [7, 11) is 1.44. The summed E-state index contributed by atoms with van der Waals surface area (Å²) in [5.74, 6) is 1.50. The monoisotopic (exact) mass is 759 g/mol. The van der Waals surface area contributed by atoms with E-state index in [0.29, 0.717) is 17.9 Å². The zero-order valence-corrected chi connectivity index (χ0v) is 31.8. The summed E-state index contributed by atoms with van der Waals surface area (Å²) in [6.07, 6.45) is 7.72. The summed E-state index contributed by atoms with van der Waals surface area (Å²) in [5.41, 5.74) is 7.30. The number of hydrogen-bond acceptors (Lipinski definition) is 5. The molecule has 3 atom stereocenters. The van der Waals surface area contributed by atoms with Crippen LogP contribution < -0.4 is 0 Å². The maximum Gasteiger partial charge on any atom is 0.407 e. The highest BCUT2D eigenvalue weighted by Crippen LogP contribution is 2.51. The number of nitrogens with one attached hydrogen (secondary N) is 2. The molecule has 0 unspecified atom stereocenters. The smallest absolute Gasteiger partial charge is 0.407 e. The van der Waals surface area contributed by atoms with Crippen molar-refractivity contribution >= 4 is 17.9 Å². The number of likely N-dealkylation sites (tertiary alicyclic amines) is 2. The van der Waals surface area contributed by atoms with Crippen LogP contribution in [-0.2, 0) is 15.0 Å². The maximum absolute atomic E-state index is 14.0. The molecule has 4 aromatic carbocycles. The van der Waals surface area contributed by atoms with Crippen molar-refractivity contribution in [2.45, 2.75) is 62.1 Å². The highest BCUT2D eigenvalue weighted by molar-refractivity contribution is 5.92. The van der Waals surface area contributed by atoms with Crippen molar-refractivity contribution in [2.75, 3.05) is 20.1 Å². The molecule has 0 bridgehead atoms. The number of nitrogens with zero attached hydrogens (tertiary/aromatic N) is 5. The van der Waals surface area contributed by atoms with Crippen LogP contribution >= 0.6 is 0 Å². The first-order valence-electron chi connectivity index (χ1n) is 19.8. The lowest BCUT2D eigenvalue weighted by Gasteiger charge is -2.32. The van der Waals surface area contributed by atoms with Gasteiger partial charge in [0.2, 0.25) is 5.91 Å². The number of H-pyrrole nitrogens is 2. The Hall–Kier alpha value is -6.49. The van der Waals surface area contributed by atoms with Gasteiger partial charge in [0.15, 0.2) is 0 Å². The summed E-state index contributed by atoms with van der Waals surface area (Å²) in [6.45, 7) is 1.29. The van der Waals surface area contributed by atoms with Crippen molar-refractivity contribution in [1.29, 1.82) is 0 Å². The zero-order valence-electron chi connectivity index (χ0n) is 31.8. The molecule has 11 nitrogen and oxygen atoms in total. The number of aromatic nitrogens is 4. The third-order valence-electron chi connectivity index (χ3n) is 12.1. The number of aromatic amines is 2. The molecule has 0 radical (unpaired) electrons. The first-order valence-corrected chi connectivity index (χ1v) is 19.8. The molecule has 2 saturated heterocycles. The lowest BCUT2D eigenvalue weighted by Crippen LogP contribution is -2.43. The average molecular weight is 760 g/mol. The Bertz CT molecular complexity index is 2390. The van der Waals surface area contributed by atoms with E-state index in [-0.39, 0.29) is 29.3 Å². The molecular weight excluding hydrogens is 715 g/mol. The molecule has 3 aliphatic rings. The highest BCUT2D eigenvalue weighted by atomic mass is 16.4. The molecule has 0 spiro atoms. The van der Waals surface area contributed by atoms with Crippen LogP contribution in [0.2, 0.25) is 0 Å². The predicted octanol–water partition coefficient (Wildman–Crippen LogP) is 8.54. The number of carbonyl (C=O) groups excluding carboxylic acids is 2. The summed E-state index contributed by atoms with van der Waals surface area (Å²) in [5, 5.41) is 9.80. The second-order valence-electron chi connectivity index (χ2n) is 15.5. The van der Waals surface area contributed by atoms with Gasteiger partial charge in [0.05, 0.1) is 41.3 Å². The number of benzene rings is 4. The normalized spacial score (nSPS) is 19.0. The molecule has 288 valence electrons. The molecule has 3 amide bonds. The van der Waals surface area contributed by atoms with Gasteiger partial charge in [-0.15, -0.1) is 0 Å². The molecule has 3 fully saturated rings. The van der Waals surface area contributed by atoms with Gasteiger partial charge in [0, 0.05) is 20.1 Å². The molecule has 6 aromatic rings. The fourth-order valence-corrected chi connectivity index (χ4v) is 8.82. The Morgan fingerprint density at radius 1 is 0.684 bits per heavy atom. The van der Waals surface area contributed by atoms with Crippen LogP contribution in [0.4, 0.5) is 4.79 Å². The number of hydrogen-bond donors (Lipinski definition) is 3. The van der Waals surface area contributed by atoms with Crippen LogP contribution in [0.5, 0.6) is 0 Å². The van der Waals surface area contributed by atoms with Crippen molar-refractivity contribution in [3.63, 3.8) is 0 Å². The molecule has 2 aliphatic heterocycles. The van der Waals surface area contributed by atoms with Crippen LogP contribution in [-0.4, -0.2) is 77.8 Å². The molecule has 2 aromatic heterocycles. The van der Waals surface area contributed by atoms with Gasteiger partial charge in [-0.25, -0.2) is 14.8 Å². The topological polar surface area (TPSA) is 139 Å². The second kappa shape index (κ2) is 14.9. The van der Waals surface area contributed by atoms with Crippen LogP contribution in [0.25, 0.3) is 33.6 Å². The largest absolute Gasteiger partial charge is 0.465 e. The van der Waals surface area contributed by atoms with E-state index in [9.17, 15) is 19.5 Å². The van der Waals surface area contributed by atoms with Crippen molar-refractivity contribution in [2.24, 2.45) is 0 Å². The summed E-state index contributed by atoms with van der Waals surface area (Å²) in [6, 6.07) is 34.7. The van der Waals surface area contributed by atoms with Crippen molar-refractivity contribution in [1.82, 2.24) is 34.6 Å². The minimum absolute atomic E-state index is 0.0476. The first-order chi connectivity index (χ1) is 27.8. The van der Waals surface area contributed by atoms with Crippen LogP contribution in [0.1, 0.15) is 79.4 Å². The van der Waals surface area contributed by atoms with Crippen LogP contribution in [0.15, 0.2) is 122 Å². The first kappa shape index (κ1) is 36.2. The van der Waals surface area contributed by atoms with Gasteiger partial charge in [0.25, 0.3) is 5.91 Å². The number of imidazole rings is 2. The number of carboxylic acid groups (broad SMARTS) is 1. The molecule has 9 rings (SSSR count). The van der Waals surface area contributed by atoms with E-state index in [1.807, 2.05) is 42.6 Å². The van der Waals surface area contributed by atoms with E-state index in [4.69, 9.17) is 9.97 Å². The fraction of sp³-hybridized carbons (Fsp3) is 0.283. The minimum atomic E-state index is -1.16. The summed E-state index contributed by atoms with van der Waals surface area (Å²) < 4.78 is 0. The van der Waals surface area contributed by atoms with Gasteiger partial charge in [-0.1, -0.05) is 109 Å². The number of carbonyl (C=O) groups is 3. The predicted molar refractivity (Wildman–Crippen MR) is 217 cm³/mol. The third-order valence-corrected chi connectivity index (χ3v) is 12.1.